The van der Waals surface area contributed by atoms with Crippen LogP contribution in [0.2, 0.25) is 0 Å². The van der Waals surface area contributed by atoms with Gasteiger partial charge in [0, 0.05) is 12.1 Å². The third-order valence-electron chi connectivity index (χ3n) is 2.22. The summed E-state index contributed by atoms with van der Waals surface area (Å²) >= 11 is 0. The lowest BCUT2D eigenvalue weighted by Crippen LogP contribution is -2.37. The van der Waals surface area contributed by atoms with Gasteiger partial charge in [0.15, 0.2) is 0 Å². The van der Waals surface area contributed by atoms with Gasteiger partial charge < -0.3 is 18.7 Å². The summed E-state index contributed by atoms with van der Waals surface area (Å²) in [6.07, 6.45) is 5.23. The molecule has 0 saturated heterocycles. The van der Waals surface area contributed by atoms with Gasteiger partial charge in [-0.1, -0.05) is 11.6 Å². The Balaban J connectivity index is 3.36. The molecule has 1 rings (SSSR count). The van der Waals surface area contributed by atoms with Crippen LogP contribution in [0.4, 0.5) is 18.6 Å². The van der Waals surface area contributed by atoms with E-state index in [4.69, 9.17) is 12.2 Å². The maximum atomic E-state index is 12.6. The number of hydrogen-bond acceptors (Lipinski definition) is 1. The normalized spacial score (nSPS) is 11.1. The molecule has 0 unspecified atom stereocenters. The molecule has 1 aromatic carbocycles. The summed E-state index contributed by atoms with van der Waals surface area (Å²) in [5, 5.41) is 0. The molecule has 0 heterocycles. The minimum absolute atomic E-state index is 0.0973. The van der Waals surface area contributed by atoms with Crippen LogP contribution in [0.1, 0.15) is 11.1 Å². The Labute approximate surface area is 86.5 Å². The first kappa shape index (κ1) is 11.5. The SMILES string of the molecule is C#CCc1cc(N)cc([B-](F)(F)F)c1C. The average molecular weight is 212 g/mol. The van der Waals surface area contributed by atoms with Crippen molar-refractivity contribution in [3.63, 3.8) is 0 Å². The van der Waals surface area contributed by atoms with E-state index in [0.717, 1.165) is 6.07 Å². The van der Waals surface area contributed by atoms with Gasteiger partial charge in [-0.25, -0.2) is 0 Å². The van der Waals surface area contributed by atoms with Crippen LogP contribution in [-0.2, 0) is 6.42 Å². The molecule has 0 aliphatic carbocycles. The number of halogens is 3. The van der Waals surface area contributed by atoms with Crippen LogP contribution in [0.25, 0.3) is 0 Å². The van der Waals surface area contributed by atoms with E-state index in [1.807, 2.05) is 0 Å². The van der Waals surface area contributed by atoms with E-state index in [9.17, 15) is 12.9 Å². The van der Waals surface area contributed by atoms with Gasteiger partial charge in [0.25, 0.3) is 0 Å². The molecule has 0 atom stereocenters. The van der Waals surface area contributed by atoms with E-state index in [2.05, 4.69) is 5.92 Å². The van der Waals surface area contributed by atoms with Crippen molar-refractivity contribution in [1.29, 1.82) is 0 Å². The molecule has 0 aliphatic rings. The molecule has 0 radical (unpaired) electrons. The Bertz CT molecular complexity index is 418. The number of nitrogen functional groups attached to an aromatic ring is 1. The van der Waals surface area contributed by atoms with E-state index in [1.165, 1.54) is 13.0 Å². The zero-order valence-corrected chi connectivity index (χ0v) is 8.23. The number of benzene rings is 1. The topological polar surface area (TPSA) is 26.0 Å². The van der Waals surface area contributed by atoms with Crippen LogP contribution in [-0.4, -0.2) is 6.98 Å². The zero-order valence-electron chi connectivity index (χ0n) is 8.23. The molecule has 1 aromatic rings. The smallest absolute Gasteiger partial charge is 0.445 e. The fourth-order valence-electron chi connectivity index (χ4n) is 1.46. The largest absolute Gasteiger partial charge is 0.509 e. The fraction of sp³-hybridized carbons (Fsp3) is 0.200. The lowest BCUT2D eigenvalue weighted by atomic mass is 9.75. The molecule has 1 nitrogen and oxygen atoms in total. The van der Waals surface area contributed by atoms with Gasteiger partial charge in [-0.05, 0) is 18.6 Å². The molecule has 80 valence electrons. The molecule has 0 amide bonds. The number of anilines is 1. The van der Waals surface area contributed by atoms with Crippen molar-refractivity contribution in [3.8, 4) is 12.3 Å². The van der Waals surface area contributed by atoms with E-state index in [0.29, 0.717) is 5.56 Å². The van der Waals surface area contributed by atoms with Crippen LogP contribution in [0.5, 0.6) is 0 Å². The predicted octanol–water partition coefficient (Wildman–Crippen LogP) is 1.81. The molecular formula is C10H10BF3N-. The molecule has 0 aromatic heterocycles. The van der Waals surface area contributed by atoms with Crippen LogP contribution in [0.15, 0.2) is 12.1 Å². The lowest BCUT2D eigenvalue weighted by Gasteiger charge is -2.20. The minimum atomic E-state index is -5.03. The summed E-state index contributed by atoms with van der Waals surface area (Å²) in [4.78, 5) is 0. The summed E-state index contributed by atoms with van der Waals surface area (Å²) < 4.78 is 37.8. The predicted molar refractivity (Wildman–Crippen MR) is 56.8 cm³/mol. The van der Waals surface area contributed by atoms with Crippen molar-refractivity contribution in [3.05, 3.63) is 23.3 Å². The third-order valence-corrected chi connectivity index (χ3v) is 2.22. The van der Waals surface area contributed by atoms with Crippen LogP contribution in [0, 0.1) is 19.3 Å². The first-order valence-corrected chi connectivity index (χ1v) is 4.38. The third kappa shape index (κ3) is 2.47. The van der Waals surface area contributed by atoms with E-state index >= 15 is 0 Å². The van der Waals surface area contributed by atoms with Gasteiger partial charge in [0.05, 0.1) is 0 Å². The number of terminal acetylenes is 1. The summed E-state index contributed by atoms with van der Waals surface area (Å²) in [5.41, 5.74) is 5.48. The minimum Gasteiger partial charge on any atom is -0.445 e. The number of nitrogens with two attached hydrogens (primary N) is 1. The standard InChI is InChI=1S/C10H10BF3N/c1-3-4-8-5-9(15)6-10(7(8)2)11(12,13)14/h1,5-6H,4,15H2,2H3/q-1. The number of hydrogen-bond donors (Lipinski definition) is 1. The van der Waals surface area contributed by atoms with Crippen LogP contribution < -0.4 is 11.2 Å². The molecule has 0 aliphatic heterocycles. The van der Waals surface area contributed by atoms with Crippen LogP contribution in [0.3, 0.4) is 0 Å². The molecular weight excluding hydrogens is 202 g/mol. The van der Waals surface area contributed by atoms with Gasteiger partial charge in [-0.15, -0.1) is 17.8 Å². The van der Waals surface area contributed by atoms with Gasteiger partial charge in [-0.3, -0.25) is 0 Å². The summed E-state index contributed by atoms with van der Waals surface area (Å²) in [5.74, 6) is 2.31. The lowest BCUT2D eigenvalue weighted by molar-refractivity contribution is 0.500. The fourth-order valence-corrected chi connectivity index (χ4v) is 1.46. The first-order valence-electron chi connectivity index (χ1n) is 4.38. The van der Waals surface area contributed by atoms with Gasteiger partial charge in [0.2, 0.25) is 0 Å². The van der Waals surface area contributed by atoms with Gasteiger partial charge in [-0.2, -0.15) is 0 Å². The van der Waals surface area contributed by atoms with Crippen molar-refractivity contribution in [2.24, 2.45) is 0 Å². The highest BCUT2D eigenvalue weighted by molar-refractivity contribution is 6.74. The van der Waals surface area contributed by atoms with Crippen molar-refractivity contribution >= 4 is 18.1 Å². The van der Waals surface area contributed by atoms with Crippen LogP contribution >= 0.6 is 0 Å². The highest BCUT2D eigenvalue weighted by atomic mass is 19.4. The second-order valence-corrected chi connectivity index (χ2v) is 3.35. The molecule has 15 heavy (non-hydrogen) atoms. The second kappa shape index (κ2) is 3.89. The van der Waals surface area contributed by atoms with E-state index < -0.39 is 12.4 Å². The highest BCUT2D eigenvalue weighted by Crippen LogP contribution is 2.18. The molecule has 0 bridgehead atoms. The molecule has 0 saturated carbocycles. The molecule has 2 N–H and O–H groups in total. The van der Waals surface area contributed by atoms with Crippen molar-refractivity contribution in [2.75, 3.05) is 5.73 Å². The number of rotatable bonds is 2. The Morgan fingerprint density at radius 1 is 1.40 bits per heavy atom. The van der Waals surface area contributed by atoms with Gasteiger partial charge >= 0.3 is 6.98 Å². The Morgan fingerprint density at radius 2 is 2.00 bits per heavy atom. The monoisotopic (exact) mass is 212 g/mol. The Hall–Kier alpha value is -1.57. The van der Waals surface area contributed by atoms with Crippen molar-refractivity contribution in [1.82, 2.24) is 0 Å². The summed E-state index contributed by atoms with van der Waals surface area (Å²) in [6.45, 7) is -3.62. The maximum Gasteiger partial charge on any atom is 0.509 e. The Kier molecular flexibility index (Phi) is 2.99. The zero-order chi connectivity index (χ0) is 11.6. The first-order chi connectivity index (χ1) is 6.86. The molecule has 5 heteroatoms. The second-order valence-electron chi connectivity index (χ2n) is 3.35. The van der Waals surface area contributed by atoms with Crippen molar-refractivity contribution < 1.29 is 12.9 Å². The maximum absolute atomic E-state index is 12.6. The quantitative estimate of drug-likeness (QED) is 0.451. The molecule has 0 spiro atoms. The van der Waals surface area contributed by atoms with E-state index in [1.54, 1.807) is 0 Å². The van der Waals surface area contributed by atoms with Crippen molar-refractivity contribution in [2.45, 2.75) is 13.3 Å². The van der Waals surface area contributed by atoms with Gasteiger partial charge in [0.1, 0.15) is 0 Å². The summed E-state index contributed by atoms with van der Waals surface area (Å²) in [7, 11) is 0. The summed E-state index contributed by atoms with van der Waals surface area (Å²) in [6, 6.07) is 2.44. The molecule has 0 fully saturated rings. The average Bonchev–Trinajstić information content (AvgIpc) is 2.09. The highest BCUT2D eigenvalue weighted by Gasteiger charge is 2.28. The Morgan fingerprint density at radius 3 is 2.47 bits per heavy atom. The van der Waals surface area contributed by atoms with E-state index in [-0.39, 0.29) is 17.7 Å².